The predicted molar refractivity (Wildman–Crippen MR) is 97.0 cm³/mol. The number of nitrogens with zero attached hydrogens (tertiary/aromatic N) is 1. The van der Waals surface area contributed by atoms with Crippen molar-refractivity contribution in [3.05, 3.63) is 35.4 Å². The Kier molecular flexibility index (Phi) is 7.09. The topological polar surface area (TPSA) is 32.3 Å². The van der Waals surface area contributed by atoms with Crippen LogP contribution in [0, 0.1) is 0 Å². The van der Waals surface area contributed by atoms with Gasteiger partial charge in [0.05, 0.1) is 5.56 Å². The third-order valence-corrected chi connectivity index (χ3v) is 5.34. The fraction of sp³-hybridized carbons (Fsp3) is 0.650. The molecule has 146 valence electrons. The van der Waals surface area contributed by atoms with Crippen LogP contribution >= 0.6 is 0 Å². The van der Waals surface area contributed by atoms with E-state index in [0.717, 1.165) is 50.0 Å². The minimum absolute atomic E-state index is 0.0335. The highest BCUT2D eigenvalue weighted by atomic mass is 19.4. The van der Waals surface area contributed by atoms with Crippen LogP contribution in [0.15, 0.2) is 24.3 Å². The summed E-state index contributed by atoms with van der Waals surface area (Å²) < 4.78 is 37.9. The molecule has 0 saturated carbocycles. The van der Waals surface area contributed by atoms with E-state index in [4.69, 9.17) is 0 Å². The quantitative estimate of drug-likeness (QED) is 0.762. The van der Waals surface area contributed by atoms with E-state index >= 15 is 0 Å². The highest BCUT2D eigenvalue weighted by molar-refractivity contribution is 5.77. The Labute approximate surface area is 154 Å². The molecule has 1 aromatic rings. The largest absolute Gasteiger partial charge is 0.416 e. The van der Waals surface area contributed by atoms with Gasteiger partial charge in [-0.3, -0.25) is 9.69 Å². The van der Waals surface area contributed by atoms with Crippen LogP contribution in [-0.4, -0.2) is 36.0 Å². The Balaban J connectivity index is 1.84. The average Bonchev–Trinajstić information content (AvgIpc) is 3.03. The van der Waals surface area contributed by atoms with Gasteiger partial charge in [-0.05, 0) is 42.9 Å². The molecule has 1 aliphatic rings. The van der Waals surface area contributed by atoms with E-state index in [-0.39, 0.29) is 24.3 Å². The minimum Gasteiger partial charge on any atom is -0.352 e. The van der Waals surface area contributed by atoms with E-state index in [1.165, 1.54) is 12.1 Å². The first-order chi connectivity index (χ1) is 12.2. The average molecular weight is 370 g/mol. The molecule has 1 heterocycles. The molecule has 6 heteroatoms. The SMILES string of the molecule is CCC(CC)N1CCC(NC(=O)CC(C)c2ccc(C(F)(F)F)cc2)C1. The highest BCUT2D eigenvalue weighted by Crippen LogP contribution is 2.30. The van der Waals surface area contributed by atoms with Crippen LogP contribution < -0.4 is 5.32 Å². The molecule has 3 nitrogen and oxygen atoms in total. The zero-order chi connectivity index (χ0) is 19.3. The maximum atomic E-state index is 12.6. The zero-order valence-corrected chi connectivity index (χ0v) is 15.8. The van der Waals surface area contributed by atoms with E-state index in [9.17, 15) is 18.0 Å². The van der Waals surface area contributed by atoms with E-state index in [2.05, 4.69) is 24.1 Å². The van der Waals surface area contributed by atoms with Crippen molar-refractivity contribution in [2.45, 2.75) is 70.6 Å². The lowest BCUT2D eigenvalue weighted by Crippen LogP contribution is -2.39. The van der Waals surface area contributed by atoms with Crippen LogP contribution in [0.3, 0.4) is 0 Å². The van der Waals surface area contributed by atoms with Crippen LogP contribution in [0.25, 0.3) is 0 Å². The Morgan fingerprint density at radius 1 is 1.23 bits per heavy atom. The summed E-state index contributed by atoms with van der Waals surface area (Å²) >= 11 is 0. The first-order valence-corrected chi connectivity index (χ1v) is 9.45. The van der Waals surface area contributed by atoms with Crippen LogP contribution in [0.4, 0.5) is 13.2 Å². The molecule has 1 amide bonds. The molecule has 0 radical (unpaired) electrons. The first kappa shape index (κ1) is 20.7. The Hall–Kier alpha value is -1.56. The summed E-state index contributed by atoms with van der Waals surface area (Å²) in [7, 11) is 0. The van der Waals surface area contributed by atoms with Gasteiger partial charge >= 0.3 is 6.18 Å². The normalized spacial score (nSPS) is 19.7. The smallest absolute Gasteiger partial charge is 0.352 e. The molecule has 1 saturated heterocycles. The highest BCUT2D eigenvalue weighted by Gasteiger charge is 2.30. The molecule has 2 unspecified atom stereocenters. The van der Waals surface area contributed by atoms with Gasteiger partial charge in [-0.2, -0.15) is 13.2 Å². The summed E-state index contributed by atoms with van der Waals surface area (Å²) in [6.07, 6.45) is -0.865. The van der Waals surface area contributed by atoms with E-state index in [1.54, 1.807) is 0 Å². The third-order valence-electron chi connectivity index (χ3n) is 5.34. The molecule has 0 aliphatic carbocycles. The first-order valence-electron chi connectivity index (χ1n) is 9.45. The zero-order valence-electron chi connectivity index (χ0n) is 15.8. The van der Waals surface area contributed by atoms with Gasteiger partial charge in [0, 0.05) is 31.6 Å². The van der Waals surface area contributed by atoms with Crippen LogP contribution in [0.2, 0.25) is 0 Å². The summed E-state index contributed by atoms with van der Waals surface area (Å²) in [5.41, 5.74) is 0.0866. The number of hydrogen-bond acceptors (Lipinski definition) is 2. The lowest BCUT2D eigenvalue weighted by atomic mass is 9.96. The summed E-state index contributed by atoms with van der Waals surface area (Å²) in [6, 6.07) is 5.82. The molecule has 0 bridgehead atoms. The second kappa shape index (κ2) is 8.89. The van der Waals surface area contributed by atoms with Crippen molar-refractivity contribution < 1.29 is 18.0 Å². The Bertz CT molecular complexity index is 582. The number of halogens is 3. The van der Waals surface area contributed by atoms with E-state index in [0.29, 0.717) is 6.04 Å². The Morgan fingerprint density at radius 3 is 2.38 bits per heavy atom. The van der Waals surface area contributed by atoms with Gasteiger partial charge in [-0.1, -0.05) is 32.9 Å². The third kappa shape index (κ3) is 5.47. The summed E-state index contributed by atoms with van der Waals surface area (Å²) in [6.45, 7) is 8.13. The lowest BCUT2D eigenvalue weighted by Gasteiger charge is -2.25. The molecule has 0 aromatic heterocycles. The van der Waals surface area contributed by atoms with E-state index in [1.807, 2.05) is 6.92 Å². The predicted octanol–water partition coefficient (Wildman–Crippen LogP) is 4.58. The Morgan fingerprint density at radius 2 is 1.85 bits per heavy atom. The number of carbonyl (C=O) groups is 1. The number of alkyl halides is 3. The number of nitrogens with one attached hydrogen (secondary N) is 1. The molecule has 2 atom stereocenters. The van der Waals surface area contributed by atoms with Gasteiger partial charge < -0.3 is 5.32 Å². The molecular weight excluding hydrogens is 341 g/mol. The second-order valence-electron chi connectivity index (χ2n) is 7.24. The number of amides is 1. The van der Waals surface area contributed by atoms with Crippen molar-refractivity contribution in [3.63, 3.8) is 0 Å². The summed E-state index contributed by atoms with van der Waals surface area (Å²) in [5, 5.41) is 3.09. The molecule has 0 spiro atoms. The fourth-order valence-electron chi connectivity index (χ4n) is 3.73. The van der Waals surface area contributed by atoms with Crippen molar-refractivity contribution in [2.24, 2.45) is 0 Å². The van der Waals surface area contributed by atoms with Crippen molar-refractivity contribution >= 4 is 5.91 Å². The number of likely N-dealkylation sites (tertiary alicyclic amines) is 1. The molecule has 1 aliphatic heterocycles. The van der Waals surface area contributed by atoms with Crippen molar-refractivity contribution in [1.29, 1.82) is 0 Å². The van der Waals surface area contributed by atoms with Gasteiger partial charge in [0.15, 0.2) is 0 Å². The summed E-state index contributed by atoms with van der Waals surface area (Å²) in [5.74, 6) is -0.150. The molecule has 2 rings (SSSR count). The molecule has 1 fully saturated rings. The fourth-order valence-corrected chi connectivity index (χ4v) is 3.73. The number of rotatable bonds is 7. The van der Waals surface area contributed by atoms with Gasteiger partial charge in [-0.15, -0.1) is 0 Å². The van der Waals surface area contributed by atoms with Gasteiger partial charge in [0.25, 0.3) is 0 Å². The monoisotopic (exact) mass is 370 g/mol. The van der Waals surface area contributed by atoms with Gasteiger partial charge in [0.1, 0.15) is 0 Å². The minimum atomic E-state index is -4.33. The van der Waals surface area contributed by atoms with Crippen LogP contribution in [-0.2, 0) is 11.0 Å². The van der Waals surface area contributed by atoms with Gasteiger partial charge in [-0.25, -0.2) is 0 Å². The molecule has 26 heavy (non-hydrogen) atoms. The maximum Gasteiger partial charge on any atom is 0.416 e. The second-order valence-corrected chi connectivity index (χ2v) is 7.24. The van der Waals surface area contributed by atoms with Gasteiger partial charge in [0.2, 0.25) is 5.91 Å². The molecule has 1 N–H and O–H groups in total. The molecular formula is C20H29F3N2O. The van der Waals surface area contributed by atoms with Crippen LogP contribution in [0.1, 0.15) is 63.5 Å². The molecule has 1 aromatic carbocycles. The van der Waals surface area contributed by atoms with Crippen molar-refractivity contribution in [3.8, 4) is 0 Å². The van der Waals surface area contributed by atoms with Crippen LogP contribution in [0.5, 0.6) is 0 Å². The maximum absolute atomic E-state index is 12.6. The number of benzene rings is 1. The standard InChI is InChI=1S/C20H29F3N2O/c1-4-18(5-2)25-11-10-17(13-25)24-19(26)12-14(3)15-6-8-16(9-7-15)20(21,22)23/h6-9,14,17-18H,4-5,10-13H2,1-3H3,(H,24,26). The summed E-state index contributed by atoms with van der Waals surface area (Å²) in [4.78, 5) is 14.7. The van der Waals surface area contributed by atoms with Crippen molar-refractivity contribution in [2.75, 3.05) is 13.1 Å². The van der Waals surface area contributed by atoms with E-state index < -0.39 is 11.7 Å². The number of carbonyl (C=O) groups excluding carboxylic acids is 1. The number of hydrogen-bond donors (Lipinski definition) is 1. The van der Waals surface area contributed by atoms with Crippen molar-refractivity contribution in [1.82, 2.24) is 10.2 Å². The lowest BCUT2D eigenvalue weighted by molar-refractivity contribution is -0.137.